The third-order valence-electron chi connectivity index (χ3n) is 8.14. The van der Waals surface area contributed by atoms with Crippen LogP contribution in [0.25, 0.3) is 17.2 Å². The van der Waals surface area contributed by atoms with Gasteiger partial charge in [0.05, 0.1) is 27.8 Å². The largest absolute Gasteiger partial charge is 0.493 e. The Morgan fingerprint density at radius 2 is 1.68 bits per heavy atom. The molecule has 0 unspecified atom stereocenters. The lowest BCUT2D eigenvalue weighted by molar-refractivity contribution is -0.131. The number of rotatable bonds is 8. The van der Waals surface area contributed by atoms with Gasteiger partial charge in [0.15, 0.2) is 11.5 Å². The van der Waals surface area contributed by atoms with E-state index >= 15 is 0 Å². The highest BCUT2D eigenvalue weighted by Gasteiger charge is 2.33. The minimum absolute atomic E-state index is 0.130. The summed E-state index contributed by atoms with van der Waals surface area (Å²) in [4.78, 5) is 18.2. The van der Waals surface area contributed by atoms with Crippen molar-refractivity contribution < 1.29 is 23.4 Å². The van der Waals surface area contributed by atoms with Crippen LogP contribution in [-0.4, -0.2) is 69.3 Å². The van der Waals surface area contributed by atoms with E-state index in [0.717, 1.165) is 72.4 Å². The molecule has 2 aliphatic heterocycles. The summed E-state index contributed by atoms with van der Waals surface area (Å²) in [7, 11) is 4.75. The molecule has 202 valence electrons. The van der Waals surface area contributed by atoms with Crippen LogP contribution in [0, 0.1) is 5.82 Å². The molecule has 5 rings (SSSR count). The molecule has 1 aliphatic carbocycles. The van der Waals surface area contributed by atoms with Crippen molar-refractivity contribution in [3.05, 3.63) is 58.4 Å². The van der Waals surface area contributed by atoms with Gasteiger partial charge in [0.2, 0.25) is 11.7 Å². The van der Waals surface area contributed by atoms with Crippen molar-refractivity contribution in [2.75, 3.05) is 47.5 Å². The molecule has 0 saturated carbocycles. The number of carbonyl (C=O) groups is 1. The zero-order valence-corrected chi connectivity index (χ0v) is 22.8. The molecule has 3 aliphatic rings. The summed E-state index contributed by atoms with van der Waals surface area (Å²) in [6.07, 6.45) is 6.90. The van der Waals surface area contributed by atoms with Crippen molar-refractivity contribution in [3.63, 3.8) is 0 Å². The fourth-order valence-electron chi connectivity index (χ4n) is 6.20. The summed E-state index contributed by atoms with van der Waals surface area (Å²) >= 11 is 0. The molecule has 2 aromatic carbocycles. The molecule has 2 heterocycles. The predicted octanol–water partition coefficient (Wildman–Crippen LogP) is 5.66. The first-order chi connectivity index (χ1) is 18.4. The van der Waals surface area contributed by atoms with Gasteiger partial charge in [-0.15, -0.1) is 0 Å². The summed E-state index contributed by atoms with van der Waals surface area (Å²) in [5.41, 5.74) is 5.44. The third-order valence-corrected chi connectivity index (χ3v) is 8.14. The number of allylic oxidation sites excluding steroid dienone is 2. The average Bonchev–Trinajstić information content (AvgIpc) is 3.66. The molecule has 0 radical (unpaired) electrons. The lowest BCUT2D eigenvalue weighted by atomic mass is 10.00. The van der Waals surface area contributed by atoms with E-state index in [1.54, 1.807) is 27.4 Å². The average molecular weight is 521 g/mol. The zero-order chi connectivity index (χ0) is 26.8. The number of methoxy groups -OCH3 is 3. The van der Waals surface area contributed by atoms with Crippen molar-refractivity contribution in [3.8, 4) is 17.2 Å². The van der Waals surface area contributed by atoms with Gasteiger partial charge in [0.25, 0.3) is 0 Å². The van der Waals surface area contributed by atoms with Crippen LogP contribution in [0.5, 0.6) is 17.2 Å². The Labute approximate surface area is 224 Å². The number of amides is 1. The van der Waals surface area contributed by atoms with Crippen molar-refractivity contribution in [2.24, 2.45) is 0 Å². The maximum Gasteiger partial charge on any atom is 0.227 e. The van der Waals surface area contributed by atoms with Crippen molar-refractivity contribution in [2.45, 2.75) is 45.1 Å². The molecule has 2 saturated heterocycles. The van der Waals surface area contributed by atoms with Crippen LogP contribution in [0.15, 0.2) is 35.9 Å². The predicted molar refractivity (Wildman–Crippen MR) is 148 cm³/mol. The number of hydrogen-bond donors (Lipinski definition) is 0. The van der Waals surface area contributed by atoms with Crippen LogP contribution in [0.2, 0.25) is 0 Å². The molecule has 7 heteroatoms. The first-order valence-electron chi connectivity index (χ1n) is 13.5. The summed E-state index contributed by atoms with van der Waals surface area (Å²) in [6, 6.07) is 8.89. The van der Waals surface area contributed by atoms with Gasteiger partial charge in [-0.05, 0) is 109 Å². The van der Waals surface area contributed by atoms with Crippen molar-refractivity contribution in [1.29, 1.82) is 0 Å². The number of nitrogens with zero attached hydrogens (tertiary/aromatic N) is 2. The molecule has 6 nitrogen and oxygen atoms in total. The van der Waals surface area contributed by atoms with Gasteiger partial charge < -0.3 is 24.0 Å². The molecule has 0 spiro atoms. The topological polar surface area (TPSA) is 51.2 Å². The van der Waals surface area contributed by atoms with E-state index in [1.165, 1.54) is 18.9 Å². The Bertz CT molecular complexity index is 1250. The maximum absolute atomic E-state index is 14.4. The minimum atomic E-state index is -0.302. The van der Waals surface area contributed by atoms with Gasteiger partial charge in [-0.25, -0.2) is 4.39 Å². The Hall–Kier alpha value is -3.32. The molecule has 0 bridgehead atoms. The van der Waals surface area contributed by atoms with Gasteiger partial charge in [-0.2, -0.15) is 0 Å². The fourth-order valence-corrected chi connectivity index (χ4v) is 6.20. The lowest BCUT2D eigenvalue weighted by Crippen LogP contribution is -2.42. The van der Waals surface area contributed by atoms with Crippen LogP contribution in [-0.2, 0) is 4.79 Å². The van der Waals surface area contributed by atoms with Crippen molar-refractivity contribution in [1.82, 2.24) is 9.80 Å². The normalized spacial score (nSPS) is 20.4. The molecule has 0 aromatic heterocycles. The number of likely N-dealkylation sites (tertiary alicyclic amines) is 2. The molecular weight excluding hydrogens is 483 g/mol. The quantitative estimate of drug-likeness (QED) is 0.450. The molecule has 1 amide bonds. The van der Waals surface area contributed by atoms with E-state index in [2.05, 4.69) is 9.80 Å². The standard InChI is InChI=1S/C31H37FN2O4/c1-20-25(14-21-15-28(36-2)31(38-4)29(16-21)37-3)24-10-9-22(32)17-27(24)26(20)18-30(35)34-13-7-8-23(34)19-33-11-5-6-12-33/h9-10,14-17,23H,5-8,11-13,18-19H2,1-4H3/b25-14-/t23-/m0/s1. The van der Waals surface area contributed by atoms with E-state index in [1.807, 2.05) is 31.2 Å². The van der Waals surface area contributed by atoms with Crippen LogP contribution in [0.3, 0.4) is 0 Å². The molecule has 2 aromatic rings. The van der Waals surface area contributed by atoms with E-state index < -0.39 is 0 Å². The van der Waals surface area contributed by atoms with E-state index in [9.17, 15) is 9.18 Å². The highest BCUT2D eigenvalue weighted by atomic mass is 19.1. The highest BCUT2D eigenvalue weighted by molar-refractivity contribution is 6.08. The summed E-state index contributed by atoms with van der Waals surface area (Å²) in [5.74, 6) is 1.48. The van der Waals surface area contributed by atoms with Gasteiger partial charge in [-0.3, -0.25) is 4.79 Å². The number of halogens is 1. The lowest BCUT2D eigenvalue weighted by Gasteiger charge is -2.29. The first kappa shape index (κ1) is 26.3. The first-order valence-corrected chi connectivity index (χ1v) is 13.5. The second-order valence-electron chi connectivity index (χ2n) is 10.4. The van der Waals surface area contributed by atoms with Crippen LogP contribution < -0.4 is 14.2 Å². The Balaban J connectivity index is 1.47. The third kappa shape index (κ3) is 5.04. The van der Waals surface area contributed by atoms with Crippen molar-refractivity contribution >= 4 is 23.1 Å². The zero-order valence-electron chi connectivity index (χ0n) is 22.8. The fraction of sp³-hybridized carbons (Fsp3) is 0.452. The number of hydrogen-bond acceptors (Lipinski definition) is 5. The molecule has 0 N–H and O–H groups in total. The molecule has 38 heavy (non-hydrogen) atoms. The smallest absolute Gasteiger partial charge is 0.227 e. The van der Waals surface area contributed by atoms with Gasteiger partial charge in [0, 0.05) is 19.1 Å². The molecular formula is C31H37FN2O4. The summed E-state index contributed by atoms with van der Waals surface area (Å²) in [6.45, 7) is 6.04. The second-order valence-corrected chi connectivity index (χ2v) is 10.4. The molecule has 2 fully saturated rings. The number of fused-ring (bicyclic) bond motifs is 1. The maximum atomic E-state index is 14.4. The van der Waals surface area contributed by atoms with Gasteiger partial charge >= 0.3 is 0 Å². The highest BCUT2D eigenvalue weighted by Crippen LogP contribution is 2.46. The number of benzene rings is 2. The number of ether oxygens (including phenoxy) is 3. The Kier molecular flexibility index (Phi) is 7.75. The Morgan fingerprint density at radius 3 is 2.34 bits per heavy atom. The van der Waals surface area contributed by atoms with Gasteiger partial charge in [-0.1, -0.05) is 6.07 Å². The Morgan fingerprint density at radius 1 is 0.974 bits per heavy atom. The summed E-state index contributed by atoms with van der Waals surface area (Å²) in [5, 5.41) is 0. The van der Waals surface area contributed by atoms with E-state index in [-0.39, 0.29) is 24.2 Å². The number of carbonyl (C=O) groups excluding carboxylic acids is 1. The van der Waals surface area contributed by atoms with Crippen LogP contribution in [0.4, 0.5) is 4.39 Å². The molecule has 1 atom stereocenters. The minimum Gasteiger partial charge on any atom is -0.493 e. The van der Waals surface area contributed by atoms with E-state index in [4.69, 9.17) is 14.2 Å². The van der Waals surface area contributed by atoms with Crippen LogP contribution >= 0.6 is 0 Å². The monoisotopic (exact) mass is 520 g/mol. The summed E-state index contributed by atoms with van der Waals surface area (Å²) < 4.78 is 31.0. The van der Waals surface area contributed by atoms with Crippen LogP contribution in [0.1, 0.15) is 55.7 Å². The SMILES string of the molecule is COc1cc(/C=C2/C(C)=C(CC(=O)N3CCC[C@H]3CN3CCCC3)c3cc(F)ccc32)cc(OC)c1OC. The van der Waals surface area contributed by atoms with E-state index in [0.29, 0.717) is 17.2 Å². The van der Waals surface area contributed by atoms with Gasteiger partial charge in [0.1, 0.15) is 5.82 Å². The second kappa shape index (κ2) is 11.2.